The lowest BCUT2D eigenvalue weighted by atomic mass is 10.0. The minimum atomic E-state index is -0.810. The summed E-state index contributed by atoms with van der Waals surface area (Å²) >= 11 is 0. The molecule has 0 atom stereocenters. The zero-order valence-corrected chi connectivity index (χ0v) is 16.8. The minimum Gasteiger partial charge on any atom is -0.478 e. The summed E-state index contributed by atoms with van der Waals surface area (Å²) < 4.78 is 0. The molecule has 0 saturated heterocycles. The number of carboxylic acids is 2. The van der Waals surface area contributed by atoms with Gasteiger partial charge >= 0.3 is 11.9 Å². The molecule has 0 radical (unpaired) electrons. The Morgan fingerprint density at radius 3 is 1.00 bits per heavy atom. The number of rotatable bonds is 17. The van der Waals surface area contributed by atoms with Crippen LogP contribution < -0.4 is 0 Å². The van der Waals surface area contributed by atoms with E-state index in [-0.39, 0.29) is 0 Å². The minimum absolute atomic E-state index is 0.455. The molecule has 0 amide bonds. The van der Waals surface area contributed by atoms with Crippen LogP contribution in [0.2, 0.25) is 0 Å². The molecule has 0 aliphatic heterocycles. The second kappa shape index (κ2) is 16.9. The van der Waals surface area contributed by atoms with Crippen LogP contribution in [0.3, 0.4) is 0 Å². The first-order valence-corrected chi connectivity index (χ1v) is 10.2. The Balaban J connectivity index is 3.25. The smallest absolute Gasteiger partial charge is 0.330 e. The van der Waals surface area contributed by atoms with Gasteiger partial charge in [0.05, 0.1) is 0 Å². The highest BCUT2D eigenvalue weighted by Crippen LogP contribution is 2.13. The summed E-state index contributed by atoms with van der Waals surface area (Å²) in [5.74, 6) is -1.62. The SMILES string of the molecule is CC(=CCCCCCCCCCCCCCCC=C(C)C(=O)O)C(=O)O. The normalized spacial score (nSPS) is 12.4. The molecule has 0 rings (SSSR count). The average Bonchev–Trinajstić information content (AvgIpc) is 2.60. The Kier molecular flexibility index (Phi) is 15.8. The summed E-state index contributed by atoms with van der Waals surface area (Å²) in [6, 6.07) is 0. The molecule has 0 spiro atoms. The van der Waals surface area contributed by atoms with Gasteiger partial charge < -0.3 is 10.2 Å². The lowest BCUT2D eigenvalue weighted by molar-refractivity contribution is -0.133. The van der Waals surface area contributed by atoms with Crippen molar-refractivity contribution in [2.24, 2.45) is 0 Å². The van der Waals surface area contributed by atoms with Crippen molar-refractivity contribution in [3.63, 3.8) is 0 Å². The Labute approximate surface area is 159 Å². The third-order valence-electron chi connectivity index (χ3n) is 4.73. The Hall–Kier alpha value is -1.58. The lowest BCUT2D eigenvalue weighted by Gasteiger charge is -2.03. The van der Waals surface area contributed by atoms with E-state index >= 15 is 0 Å². The van der Waals surface area contributed by atoms with Gasteiger partial charge in [0.1, 0.15) is 0 Å². The molecule has 0 fully saturated rings. The van der Waals surface area contributed by atoms with Crippen molar-refractivity contribution in [3.8, 4) is 0 Å². The largest absolute Gasteiger partial charge is 0.478 e. The number of allylic oxidation sites excluding steroid dienone is 2. The van der Waals surface area contributed by atoms with Crippen molar-refractivity contribution in [2.45, 2.75) is 104 Å². The van der Waals surface area contributed by atoms with Gasteiger partial charge in [-0.15, -0.1) is 0 Å². The second-order valence-electron chi connectivity index (χ2n) is 7.20. The van der Waals surface area contributed by atoms with Crippen molar-refractivity contribution < 1.29 is 19.8 Å². The number of unbranched alkanes of at least 4 members (excludes halogenated alkanes) is 13. The summed E-state index contributed by atoms with van der Waals surface area (Å²) in [6.07, 6.45) is 20.3. The Morgan fingerprint density at radius 2 is 0.769 bits per heavy atom. The first-order chi connectivity index (χ1) is 12.4. The molecule has 150 valence electrons. The van der Waals surface area contributed by atoms with E-state index in [0.717, 1.165) is 25.7 Å². The van der Waals surface area contributed by atoms with Crippen molar-refractivity contribution in [1.29, 1.82) is 0 Å². The van der Waals surface area contributed by atoms with E-state index in [1.807, 2.05) is 12.2 Å². The highest BCUT2D eigenvalue weighted by atomic mass is 16.4. The molecule has 4 nitrogen and oxygen atoms in total. The summed E-state index contributed by atoms with van der Waals surface area (Å²) in [7, 11) is 0. The molecule has 0 aliphatic carbocycles. The summed E-state index contributed by atoms with van der Waals surface area (Å²) in [4.78, 5) is 21.3. The fourth-order valence-electron chi connectivity index (χ4n) is 2.87. The van der Waals surface area contributed by atoms with Crippen molar-refractivity contribution in [2.75, 3.05) is 0 Å². The maximum atomic E-state index is 10.6. The highest BCUT2D eigenvalue weighted by molar-refractivity contribution is 5.86. The quantitative estimate of drug-likeness (QED) is 0.227. The van der Waals surface area contributed by atoms with Crippen LogP contribution in [0.25, 0.3) is 0 Å². The molecular formula is C22H38O4. The Morgan fingerprint density at radius 1 is 0.538 bits per heavy atom. The molecule has 0 aromatic rings. The molecular weight excluding hydrogens is 328 g/mol. The summed E-state index contributed by atoms with van der Waals surface area (Å²) in [5.41, 5.74) is 0.911. The first-order valence-electron chi connectivity index (χ1n) is 10.2. The summed E-state index contributed by atoms with van der Waals surface area (Å²) in [5, 5.41) is 17.5. The van der Waals surface area contributed by atoms with Crippen LogP contribution in [0.4, 0.5) is 0 Å². The fraction of sp³-hybridized carbons (Fsp3) is 0.727. The van der Waals surface area contributed by atoms with Crippen LogP contribution in [-0.2, 0) is 9.59 Å². The summed E-state index contributed by atoms with van der Waals surface area (Å²) in [6.45, 7) is 3.31. The van der Waals surface area contributed by atoms with Crippen molar-refractivity contribution in [1.82, 2.24) is 0 Å². The van der Waals surface area contributed by atoms with Crippen LogP contribution >= 0.6 is 0 Å². The third kappa shape index (κ3) is 15.9. The van der Waals surface area contributed by atoms with E-state index in [9.17, 15) is 9.59 Å². The number of hydrogen-bond donors (Lipinski definition) is 2. The molecule has 0 aliphatic rings. The molecule has 0 unspecified atom stereocenters. The zero-order chi connectivity index (χ0) is 19.6. The maximum absolute atomic E-state index is 10.6. The first kappa shape index (κ1) is 24.4. The van der Waals surface area contributed by atoms with Crippen LogP contribution in [0.5, 0.6) is 0 Å². The average molecular weight is 367 g/mol. The van der Waals surface area contributed by atoms with E-state index in [2.05, 4.69) is 0 Å². The third-order valence-corrected chi connectivity index (χ3v) is 4.73. The van der Waals surface area contributed by atoms with Gasteiger partial charge in [-0.2, -0.15) is 0 Å². The number of aliphatic carboxylic acids is 2. The Bertz CT molecular complexity index is 407. The van der Waals surface area contributed by atoms with Gasteiger partial charge in [0.2, 0.25) is 0 Å². The molecule has 0 saturated carbocycles. The maximum Gasteiger partial charge on any atom is 0.330 e. The van der Waals surface area contributed by atoms with Gasteiger partial charge in [-0.25, -0.2) is 9.59 Å². The van der Waals surface area contributed by atoms with E-state index in [1.165, 1.54) is 64.2 Å². The van der Waals surface area contributed by atoms with E-state index < -0.39 is 11.9 Å². The van der Waals surface area contributed by atoms with Crippen LogP contribution in [0.15, 0.2) is 23.3 Å². The molecule has 4 heteroatoms. The van der Waals surface area contributed by atoms with E-state index in [1.54, 1.807) is 13.8 Å². The molecule has 0 aromatic carbocycles. The van der Waals surface area contributed by atoms with Crippen molar-refractivity contribution in [3.05, 3.63) is 23.3 Å². The standard InChI is InChI=1S/C22H38O4/c1-19(21(23)24)17-15-13-11-9-7-5-3-4-6-8-10-12-14-16-18-20(2)22(25)26/h17-18H,3-16H2,1-2H3,(H,23,24)(H,25,26). The van der Waals surface area contributed by atoms with Gasteiger partial charge in [0.15, 0.2) is 0 Å². The van der Waals surface area contributed by atoms with Gasteiger partial charge in [-0.1, -0.05) is 76.4 Å². The predicted octanol–water partition coefficient (Wildman–Crippen LogP) is 6.51. The highest BCUT2D eigenvalue weighted by Gasteiger charge is 1.99. The van der Waals surface area contributed by atoms with E-state index in [4.69, 9.17) is 10.2 Å². The number of hydrogen-bond acceptors (Lipinski definition) is 2. The zero-order valence-electron chi connectivity index (χ0n) is 16.8. The topological polar surface area (TPSA) is 74.6 Å². The lowest BCUT2D eigenvalue weighted by Crippen LogP contribution is -1.95. The van der Waals surface area contributed by atoms with E-state index in [0.29, 0.717) is 11.1 Å². The van der Waals surface area contributed by atoms with Crippen LogP contribution in [-0.4, -0.2) is 22.2 Å². The van der Waals surface area contributed by atoms with Gasteiger partial charge in [-0.3, -0.25) is 0 Å². The van der Waals surface area contributed by atoms with Gasteiger partial charge in [0.25, 0.3) is 0 Å². The molecule has 0 aromatic heterocycles. The van der Waals surface area contributed by atoms with Gasteiger partial charge in [0, 0.05) is 11.1 Å². The number of carbonyl (C=O) groups is 2. The van der Waals surface area contributed by atoms with Crippen LogP contribution in [0, 0.1) is 0 Å². The van der Waals surface area contributed by atoms with Crippen molar-refractivity contribution >= 4 is 11.9 Å². The molecule has 0 heterocycles. The van der Waals surface area contributed by atoms with Crippen LogP contribution in [0.1, 0.15) is 104 Å². The fourth-order valence-corrected chi connectivity index (χ4v) is 2.87. The molecule has 0 bridgehead atoms. The molecule has 26 heavy (non-hydrogen) atoms. The van der Waals surface area contributed by atoms with Gasteiger partial charge in [-0.05, 0) is 39.5 Å². The monoisotopic (exact) mass is 366 g/mol. The number of carboxylic acid groups (broad SMARTS) is 2. The predicted molar refractivity (Wildman–Crippen MR) is 107 cm³/mol. The second-order valence-corrected chi connectivity index (χ2v) is 7.20. The molecule has 2 N–H and O–H groups in total.